The third kappa shape index (κ3) is 59.5. The van der Waals surface area contributed by atoms with E-state index in [0.717, 1.165) is 122 Å². The topological polar surface area (TPSA) is 155 Å². The summed E-state index contributed by atoms with van der Waals surface area (Å²) in [6.45, 7) is 4.60. The summed E-state index contributed by atoms with van der Waals surface area (Å²) >= 11 is 0. The van der Waals surface area contributed by atoms with Crippen LogP contribution in [-0.2, 0) is 42.2 Å². The zero-order valence-electron chi connectivity index (χ0n) is 51.5. The summed E-state index contributed by atoms with van der Waals surface area (Å²) in [6.07, 6.45) is 71.3. The van der Waals surface area contributed by atoms with Crippen LogP contribution in [0.3, 0.4) is 0 Å². The van der Waals surface area contributed by atoms with Crippen molar-refractivity contribution in [3.8, 4) is 0 Å². The lowest BCUT2D eigenvalue weighted by atomic mass is 10.1. The first-order chi connectivity index (χ1) is 39.2. The van der Waals surface area contributed by atoms with Crippen LogP contribution >= 0.6 is 7.82 Å². The number of ether oxygens (including phenoxy) is 3. The molecule has 0 saturated carbocycles. The van der Waals surface area contributed by atoms with E-state index in [1.807, 2.05) is 0 Å². The molecule has 0 fully saturated rings. The summed E-state index contributed by atoms with van der Waals surface area (Å²) in [5.74, 6) is -1.48. The lowest BCUT2D eigenvalue weighted by Gasteiger charge is -2.21. The van der Waals surface area contributed by atoms with Gasteiger partial charge >= 0.3 is 25.7 Å². The molecule has 464 valence electrons. The Morgan fingerprint density at radius 2 is 0.613 bits per heavy atom. The van der Waals surface area contributed by atoms with Gasteiger partial charge in [-0.15, -0.1) is 0 Å². The van der Waals surface area contributed by atoms with Gasteiger partial charge in [-0.05, 0) is 116 Å². The van der Waals surface area contributed by atoms with Gasteiger partial charge in [-0.25, -0.2) is 4.57 Å². The van der Waals surface area contributed by atoms with Gasteiger partial charge in [0.1, 0.15) is 12.7 Å². The Labute approximate surface area is 490 Å². The molecule has 80 heavy (non-hydrogen) atoms. The summed E-state index contributed by atoms with van der Waals surface area (Å²) in [5, 5.41) is 9.86. The molecular weight excluding hydrogens is 1020 g/mol. The first kappa shape index (κ1) is 76.9. The van der Waals surface area contributed by atoms with E-state index in [1.165, 1.54) is 122 Å². The molecule has 0 aromatic rings. The van der Waals surface area contributed by atoms with Gasteiger partial charge in [0.05, 0.1) is 19.8 Å². The Morgan fingerprint density at radius 3 is 0.975 bits per heavy atom. The molecule has 12 heteroatoms. The van der Waals surface area contributed by atoms with Crippen LogP contribution in [0.25, 0.3) is 0 Å². The standard InChI is InChI=1S/C68H121O11P/c1-4-7-10-13-16-19-22-25-28-30-32-34-37-40-43-46-49-52-55-58-67(71)78-64(60-69)62-76-80(73,74)77-63-65(61-75-66(70)57-54-51-48-45-42-39-36-27-24-21-18-15-12-9-6-3)79-68(72)59-56-53-50-47-44-41-38-35-33-31-29-26-23-20-17-14-11-8-5-2/h16-17,19-20,25-29,33,35-36,64-65,69H,4-15,18,21-24,30-32,34,37-63H2,1-3H3,(H,73,74)/b19-16-,20-17-,28-25-,29-26-,35-33-,36-27-. The van der Waals surface area contributed by atoms with Crippen molar-refractivity contribution in [3.05, 3.63) is 72.9 Å². The van der Waals surface area contributed by atoms with Crippen molar-refractivity contribution in [1.82, 2.24) is 0 Å². The molecule has 0 heterocycles. The van der Waals surface area contributed by atoms with Gasteiger partial charge in [-0.1, -0.05) is 241 Å². The predicted molar refractivity (Wildman–Crippen MR) is 335 cm³/mol. The van der Waals surface area contributed by atoms with Gasteiger partial charge in [-0.2, -0.15) is 0 Å². The average Bonchev–Trinajstić information content (AvgIpc) is 3.45. The molecule has 0 aliphatic heterocycles. The molecule has 0 aliphatic rings. The van der Waals surface area contributed by atoms with Crippen LogP contribution in [0.15, 0.2) is 72.9 Å². The van der Waals surface area contributed by atoms with E-state index in [2.05, 4.69) is 93.7 Å². The summed E-state index contributed by atoms with van der Waals surface area (Å²) in [6, 6.07) is 0. The fraction of sp³-hybridized carbons (Fsp3) is 0.779. The molecule has 0 amide bonds. The van der Waals surface area contributed by atoms with Gasteiger partial charge in [0.25, 0.3) is 0 Å². The van der Waals surface area contributed by atoms with Crippen LogP contribution in [0.2, 0.25) is 0 Å². The fourth-order valence-corrected chi connectivity index (χ4v) is 9.82. The number of carbonyl (C=O) groups is 3. The number of rotatable bonds is 61. The number of hydrogen-bond donors (Lipinski definition) is 2. The largest absolute Gasteiger partial charge is 0.472 e. The molecule has 11 nitrogen and oxygen atoms in total. The van der Waals surface area contributed by atoms with E-state index in [9.17, 15) is 28.9 Å². The van der Waals surface area contributed by atoms with E-state index >= 15 is 0 Å². The van der Waals surface area contributed by atoms with Crippen LogP contribution in [0.1, 0.15) is 303 Å². The van der Waals surface area contributed by atoms with Crippen molar-refractivity contribution in [1.29, 1.82) is 0 Å². The molecular formula is C68H121O11P. The smallest absolute Gasteiger partial charge is 0.462 e. The molecule has 2 N–H and O–H groups in total. The molecule has 0 saturated heterocycles. The number of phosphoric ester groups is 1. The average molecular weight is 1150 g/mol. The van der Waals surface area contributed by atoms with Gasteiger partial charge in [0, 0.05) is 19.3 Å². The van der Waals surface area contributed by atoms with Crippen LogP contribution in [-0.4, -0.2) is 66.5 Å². The molecule has 3 atom stereocenters. The number of carbonyl (C=O) groups excluding carboxylic acids is 3. The zero-order valence-corrected chi connectivity index (χ0v) is 52.4. The number of esters is 3. The Morgan fingerprint density at radius 1 is 0.350 bits per heavy atom. The highest BCUT2D eigenvalue weighted by atomic mass is 31.2. The molecule has 0 radical (unpaired) electrons. The first-order valence-electron chi connectivity index (χ1n) is 32.8. The molecule has 3 unspecified atom stereocenters. The quantitative estimate of drug-likeness (QED) is 0.0197. The number of aliphatic hydroxyl groups is 1. The third-order valence-corrected chi connectivity index (χ3v) is 15.0. The van der Waals surface area contributed by atoms with E-state index in [1.54, 1.807) is 0 Å². The lowest BCUT2D eigenvalue weighted by Crippen LogP contribution is -2.30. The highest BCUT2D eigenvalue weighted by molar-refractivity contribution is 7.47. The summed E-state index contributed by atoms with van der Waals surface area (Å²) < 4.78 is 39.7. The Bertz CT molecular complexity index is 1620. The number of aliphatic hydroxyl groups excluding tert-OH is 1. The summed E-state index contributed by atoms with van der Waals surface area (Å²) in [7, 11) is -4.76. The Kier molecular flexibility index (Phi) is 59.6. The minimum Gasteiger partial charge on any atom is -0.462 e. The van der Waals surface area contributed by atoms with Crippen LogP contribution in [0.4, 0.5) is 0 Å². The number of phosphoric acid groups is 1. The van der Waals surface area contributed by atoms with Crippen LogP contribution < -0.4 is 0 Å². The second kappa shape index (κ2) is 62.0. The minimum atomic E-state index is -4.76. The summed E-state index contributed by atoms with van der Waals surface area (Å²) in [5.41, 5.74) is 0. The van der Waals surface area contributed by atoms with Gasteiger partial charge in [-0.3, -0.25) is 23.4 Å². The highest BCUT2D eigenvalue weighted by Gasteiger charge is 2.28. The minimum absolute atomic E-state index is 0.150. The maximum atomic E-state index is 13.0. The maximum Gasteiger partial charge on any atom is 0.472 e. The maximum absolute atomic E-state index is 13.0. The molecule has 0 aromatic heterocycles. The molecule has 0 rings (SSSR count). The van der Waals surface area contributed by atoms with Crippen LogP contribution in [0, 0.1) is 0 Å². The Balaban J connectivity index is 4.70. The van der Waals surface area contributed by atoms with Crippen molar-refractivity contribution < 1.29 is 52.2 Å². The molecule has 0 spiro atoms. The molecule has 0 aromatic carbocycles. The second-order valence-corrected chi connectivity index (χ2v) is 23.4. The fourth-order valence-electron chi connectivity index (χ4n) is 9.04. The predicted octanol–water partition coefficient (Wildman–Crippen LogP) is 20.0. The van der Waals surface area contributed by atoms with E-state index < -0.39 is 57.8 Å². The summed E-state index contributed by atoms with van der Waals surface area (Å²) in [4.78, 5) is 48.8. The number of hydrogen-bond acceptors (Lipinski definition) is 10. The number of allylic oxidation sites excluding steroid dienone is 12. The van der Waals surface area contributed by atoms with Gasteiger partial charge < -0.3 is 24.2 Å². The molecule has 0 bridgehead atoms. The highest BCUT2D eigenvalue weighted by Crippen LogP contribution is 2.43. The van der Waals surface area contributed by atoms with Crippen LogP contribution in [0.5, 0.6) is 0 Å². The first-order valence-corrected chi connectivity index (χ1v) is 34.3. The van der Waals surface area contributed by atoms with Crippen molar-refractivity contribution in [2.45, 2.75) is 315 Å². The SMILES string of the molecule is CCCCC/C=C\C/C=C\C/C=C\CCCCCCCCC(=O)OC(COC(=O)CCCCCCC/C=C\CCCCCCCC)COP(=O)(O)OCC(CO)OC(=O)CCCCCCCCCCC/C=C\C/C=C\CCCCC. The number of unbranched alkanes of at least 4 members (excludes halogenated alkanes) is 32. The van der Waals surface area contributed by atoms with Gasteiger partial charge in [0.15, 0.2) is 6.10 Å². The van der Waals surface area contributed by atoms with Gasteiger partial charge in [0.2, 0.25) is 0 Å². The van der Waals surface area contributed by atoms with Crippen molar-refractivity contribution >= 4 is 25.7 Å². The third-order valence-electron chi connectivity index (χ3n) is 14.1. The van der Waals surface area contributed by atoms with E-state index in [4.69, 9.17) is 23.3 Å². The van der Waals surface area contributed by atoms with Crippen molar-refractivity contribution in [2.75, 3.05) is 26.4 Å². The van der Waals surface area contributed by atoms with E-state index in [0.29, 0.717) is 19.3 Å². The van der Waals surface area contributed by atoms with Crippen molar-refractivity contribution in [2.24, 2.45) is 0 Å². The lowest BCUT2D eigenvalue weighted by molar-refractivity contribution is -0.161. The second-order valence-electron chi connectivity index (χ2n) is 21.9. The molecule has 0 aliphatic carbocycles. The van der Waals surface area contributed by atoms with E-state index in [-0.39, 0.29) is 25.9 Å². The van der Waals surface area contributed by atoms with Crippen molar-refractivity contribution in [3.63, 3.8) is 0 Å². The Hall–Kier alpha value is -3.08. The normalized spacial score (nSPS) is 13.7. The monoisotopic (exact) mass is 1140 g/mol. The zero-order chi connectivity index (χ0) is 58.3.